The summed E-state index contributed by atoms with van der Waals surface area (Å²) in [6, 6.07) is 12.9. The first-order valence-electron chi connectivity index (χ1n) is 8.72. The number of carbonyl (C=O) groups is 1. The second kappa shape index (κ2) is 9.83. The number of carbonyl (C=O) groups excluding carboxylic acids is 1. The lowest BCUT2D eigenvalue weighted by Crippen LogP contribution is -2.48. The molecule has 0 bridgehead atoms. The van der Waals surface area contributed by atoms with Crippen molar-refractivity contribution in [1.29, 1.82) is 0 Å². The maximum absolute atomic E-state index is 13.2. The van der Waals surface area contributed by atoms with Crippen LogP contribution >= 0.6 is 24.0 Å². The predicted molar refractivity (Wildman–Crippen MR) is 110 cm³/mol. The van der Waals surface area contributed by atoms with Gasteiger partial charge in [-0.3, -0.25) is 4.79 Å². The highest BCUT2D eigenvalue weighted by Crippen LogP contribution is 2.31. The Kier molecular flexibility index (Phi) is 7.78. The van der Waals surface area contributed by atoms with E-state index >= 15 is 0 Å². The van der Waals surface area contributed by atoms with Gasteiger partial charge in [0.05, 0.1) is 19.8 Å². The zero-order chi connectivity index (χ0) is 18.5. The molecule has 1 aliphatic heterocycles. The van der Waals surface area contributed by atoms with Crippen LogP contribution in [0.5, 0.6) is 11.5 Å². The topological polar surface area (TPSA) is 50.8 Å². The van der Waals surface area contributed by atoms with E-state index < -0.39 is 0 Å². The number of ether oxygens (including phenoxy) is 2. The number of methoxy groups -OCH3 is 1. The molecular formula is C20H24Cl2N2O3. The van der Waals surface area contributed by atoms with Crippen molar-refractivity contribution < 1.29 is 14.3 Å². The van der Waals surface area contributed by atoms with E-state index in [9.17, 15) is 4.79 Å². The lowest BCUT2D eigenvalue weighted by molar-refractivity contribution is 0.0634. The van der Waals surface area contributed by atoms with Gasteiger partial charge in [-0.2, -0.15) is 0 Å². The van der Waals surface area contributed by atoms with Crippen LogP contribution in [0.15, 0.2) is 42.5 Å². The van der Waals surface area contributed by atoms with E-state index in [0.29, 0.717) is 41.8 Å². The van der Waals surface area contributed by atoms with Gasteiger partial charge in [0.2, 0.25) is 0 Å². The Labute approximate surface area is 171 Å². The molecule has 0 spiro atoms. The molecule has 7 heteroatoms. The average molecular weight is 411 g/mol. The summed E-state index contributed by atoms with van der Waals surface area (Å²) in [5, 5.41) is 4.03. The Morgan fingerprint density at radius 2 is 2.07 bits per heavy atom. The van der Waals surface area contributed by atoms with Crippen LogP contribution in [0.4, 0.5) is 0 Å². The lowest BCUT2D eigenvalue weighted by atomic mass is 10.0. The van der Waals surface area contributed by atoms with Crippen molar-refractivity contribution in [3.8, 4) is 11.5 Å². The summed E-state index contributed by atoms with van der Waals surface area (Å²) in [6.07, 6.45) is 0. The van der Waals surface area contributed by atoms with Crippen LogP contribution in [0, 0.1) is 0 Å². The molecule has 0 radical (unpaired) electrons. The summed E-state index contributed by atoms with van der Waals surface area (Å²) in [6.45, 7) is 4.54. The fourth-order valence-corrected chi connectivity index (χ4v) is 3.40. The summed E-state index contributed by atoms with van der Waals surface area (Å²) in [5.41, 5.74) is 1.61. The van der Waals surface area contributed by atoms with Crippen LogP contribution in [-0.4, -0.2) is 44.2 Å². The van der Waals surface area contributed by atoms with Gasteiger partial charge in [-0.1, -0.05) is 23.7 Å². The number of benzene rings is 2. The summed E-state index contributed by atoms with van der Waals surface area (Å²) >= 11 is 6.14. The molecule has 2 aromatic carbocycles. The molecule has 0 aromatic heterocycles. The molecule has 2 aromatic rings. The van der Waals surface area contributed by atoms with Crippen molar-refractivity contribution in [2.24, 2.45) is 0 Å². The van der Waals surface area contributed by atoms with Gasteiger partial charge >= 0.3 is 0 Å². The third kappa shape index (κ3) is 4.86. The standard InChI is InChI=1S/C20H23ClN2O3.ClH/c1-3-26-18-8-7-15(12-19(18)25-2)20(24)23-10-9-22-13-17(23)14-5-4-6-16(21)11-14;/h4-8,11-12,17,22H,3,9-10,13H2,1-2H3;1H. The average Bonchev–Trinajstić information content (AvgIpc) is 2.68. The zero-order valence-electron chi connectivity index (χ0n) is 15.4. The van der Waals surface area contributed by atoms with E-state index in [-0.39, 0.29) is 24.4 Å². The van der Waals surface area contributed by atoms with Crippen LogP contribution in [0.25, 0.3) is 0 Å². The number of hydrogen-bond acceptors (Lipinski definition) is 4. The summed E-state index contributed by atoms with van der Waals surface area (Å²) in [7, 11) is 1.58. The van der Waals surface area contributed by atoms with Crippen molar-refractivity contribution in [2.45, 2.75) is 13.0 Å². The smallest absolute Gasteiger partial charge is 0.254 e. The van der Waals surface area contributed by atoms with Gasteiger partial charge in [-0.15, -0.1) is 12.4 Å². The molecule has 1 unspecified atom stereocenters. The Balaban J connectivity index is 0.00000261. The van der Waals surface area contributed by atoms with E-state index in [0.717, 1.165) is 12.1 Å². The van der Waals surface area contributed by atoms with E-state index in [1.54, 1.807) is 25.3 Å². The Morgan fingerprint density at radius 1 is 1.26 bits per heavy atom. The van der Waals surface area contributed by atoms with Crippen molar-refractivity contribution >= 4 is 29.9 Å². The van der Waals surface area contributed by atoms with E-state index in [4.69, 9.17) is 21.1 Å². The molecule has 27 heavy (non-hydrogen) atoms. The van der Waals surface area contributed by atoms with Crippen LogP contribution in [0.3, 0.4) is 0 Å². The van der Waals surface area contributed by atoms with Gasteiger partial charge < -0.3 is 19.7 Å². The number of amides is 1. The first-order valence-corrected chi connectivity index (χ1v) is 9.09. The molecule has 1 aliphatic rings. The highest BCUT2D eigenvalue weighted by Gasteiger charge is 2.29. The molecule has 1 atom stereocenters. The van der Waals surface area contributed by atoms with Crippen molar-refractivity contribution in [3.05, 3.63) is 58.6 Å². The van der Waals surface area contributed by atoms with Crippen LogP contribution < -0.4 is 14.8 Å². The molecule has 0 aliphatic carbocycles. The Morgan fingerprint density at radius 3 is 2.78 bits per heavy atom. The molecule has 1 amide bonds. The van der Waals surface area contributed by atoms with Gasteiger partial charge in [-0.05, 0) is 42.8 Å². The number of hydrogen-bond donors (Lipinski definition) is 1. The minimum absolute atomic E-state index is 0. The number of nitrogens with zero attached hydrogens (tertiary/aromatic N) is 1. The first-order chi connectivity index (χ1) is 12.6. The molecule has 3 rings (SSSR count). The summed E-state index contributed by atoms with van der Waals surface area (Å²) < 4.78 is 10.9. The number of rotatable bonds is 5. The van der Waals surface area contributed by atoms with Crippen molar-refractivity contribution in [3.63, 3.8) is 0 Å². The molecular weight excluding hydrogens is 387 g/mol. The number of halogens is 2. The molecule has 0 saturated carbocycles. The van der Waals surface area contributed by atoms with E-state index in [2.05, 4.69) is 5.32 Å². The monoisotopic (exact) mass is 410 g/mol. The molecule has 146 valence electrons. The molecule has 1 fully saturated rings. The third-order valence-electron chi connectivity index (χ3n) is 4.45. The quantitative estimate of drug-likeness (QED) is 0.810. The minimum atomic E-state index is -0.0625. The highest BCUT2D eigenvalue weighted by atomic mass is 35.5. The normalized spacial score (nSPS) is 16.4. The lowest BCUT2D eigenvalue weighted by Gasteiger charge is -2.36. The Hall–Kier alpha value is -1.95. The molecule has 1 N–H and O–H groups in total. The molecule has 1 heterocycles. The van der Waals surface area contributed by atoms with Crippen LogP contribution in [0.1, 0.15) is 28.9 Å². The Bertz CT molecular complexity index is 786. The van der Waals surface area contributed by atoms with Crippen molar-refractivity contribution in [2.75, 3.05) is 33.4 Å². The fourth-order valence-electron chi connectivity index (χ4n) is 3.20. The summed E-state index contributed by atoms with van der Waals surface area (Å²) in [4.78, 5) is 15.1. The number of piperazine rings is 1. The van der Waals surface area contributed by atoms with Crippen LogP contribution in [-0.2, 0) is 0 Å². The maximum Gasteiger partial charge on any atom is 0.254 e. The SMILES string of the molecule is CCOc1ccc(C(=O)N2CCNCC2c2cccc(Cl)c2)cc1OC.Cl. The van der Waals surface area contributed by atoms with E-state index in [1.165, 1.54) is 0 Å². The molecule has 5 nitrogen and oxygen atoms in total. The van der Waals surface area contributed by atoms with Gasteiger partial charge in [-0.25, -0.2) is 0 Å². The number of nitrogens with one attached hydrogen (secondary N) is 1. The van der Waals surface area contributed by atoms with E-state index in [1.807, 2.05) is 36.1 Å². The predicted octanol–water partition coefficient (Wildman–Crippen LogP) is 3.96. The van der Waals surface area contributed by atoms with Gasteiger partial charge in [0.1, 0.15) is 0 Å². The zero-order valence-corrected chi connectivity index (χ0v) is 17.0. The largest absolute Gasteiger partial charge is 0.493 e. The second-order valence-electron chi connectivity index (χ2n) is 6.07. The minimum Gasteiger partial charge on any atom is -0.493 e. The fraction of sp³-hybridized carbons (Fsp3) is 0.350. The molecule has 1 saturated heterocycles. The van der Waals surface area contributed by atoms with Gasteiger partial charge in [0.15, 0.2) is 11.5 Å². The first kappa shape index (κ1) is 21.4. The highest BCUT2D eigenvalue weighted by molar-refractivity contribution is 6.30. The maximum atomic E-state index is 13.2. The third-order valence-corrected chi connectivity index (χ3v) is 4.68. The van der Waals surface area contributed by atoms with Gasteiger partial charge in [0.25, 0.3) is 5.91 Å². The second-order valence-corrected chi connectivity index (χ2v) is 6.51. The van der Waals surface area contributed by atoms with Crippen molar-refractivity contribution in [1.82, 2.24) is 10.2 Å². The van der Waals surface area contributed by atoms with Crippen LogP contribution in [0.2, 0.25) is 5.02 Å². The summed E-state index contributed by atoms with van der Waals surface area (Å²) in [5.74, 6) is 1.17. The van der Waals surface area contributed by atoms with Gasteiger partial charge in [0, 0.05) is 30.2 Å².